The van der Waals surface area contributed by atoms with Crippen molar-refractivity contribution >= 4 is 6.08 Å². The van der Waals surface area contributed by atoms with Crippen LogP contribution in [0.1, 0.15) is 57.8 Å². The topological polar surface area (TPSA) is 41.5 Å². The van der Waals surface area contributed by atoms with Crippen molar-refractivity contribution in [3.8, 4) is 0 Å². The molecule has 0 amide bonds. The number of isocyanates is 1. The molecule has 2 rings (SSSR count). The lowest BCUT2D eigenvalue weighted by atomic mass is 9.75. The summed E-state index contributed by atoms with van der Waals surface area (Å²) < 4.78 is 0. The van der Waals surface area contributed by atoms with Gasteiger partial charge in [0, 0.05) is 6.04 Å². The molecular weight excluding hydrogens is 224 g/mol. The first kappa shape index (κ1) is 13.8. The fraction of sp³-hybridized carbons (Fsp3) is 0.933. The first-order valence-corrected chi connectivity index (χ1v) is 7.56. The Morgan fingerprint density at radius 3 is 2.56 bits per heavy atom. The third-order valence-electron chi connectivity index (χ3n) is 4.85. The number of nitrogens with zero attached hydrogens (tertiary/aromatic N) is 1. The lowest BCUT2D eigenvalue weighted by Gasteiger charge is -2.33. The molecule has 0 bridgehead atoms. The van der Waals surface area contributed by atoms with E-state index in [1.807, 2.05) is 0 Å². The summed E-state index contributed by atoms with van der Waals surface area (Å²) in [5.41, 5.74) is 0. The normalized spacial score (nSPS) is 36.9. The third kappa shape index (κ3) is 3.93. The van der Waals surface area contributed by atoms with E-state index in [4.69, 9.17) is 0 Å². The van der Waals surface area contributed by atoms with E-state index in [0.717, 1.165) is 30.7 Å². The fourth-order valence-corrected chi connectivity index (χ4v) is 3.91. The zero-order chi connectivity index (χ0) is 12.8. The molecule has 4 atom stereocenters. The van der Waals surface area contributed by atoms with Gasteiger partial charge in [0.15, 0.2) is 0 Å². The molecule has 0 aromatic rings. The summed E-state index contributed by atoms with van der Waals surface area (Å²) in [6, 6.07) is 1.00. The van der Waals surface area contributed by atoms with Crippen LogP contribution in [0.4, 0.5) is 0 Å². The summed E-state index contributed by atoms with van der Waals surface area (Å²) >= 11 is 0. The number of nitrogens with one attached hydrogen (secondary N) is 1. The third-order valence-corrected chi connectivity index (χ3v) is 4.85. The van der Waals surface area contributed by atoms with Gasteiger partial charge in [-0.05, 0) is 51.0 Å². The molecule has 2 fully saturated rings. The highest BCUT2D eigenvalue weighted by Crippen LogP contribution is 2.36. The molecule has 1 N–H and O–H groups in total. The molecule has 0 aromatic carbocycles. The highest BCUT2D eigenvalue weighted by Gasteiger charge is 2.27. The van der Waals surface area contributed by atoms with Crippen LogP contribution in [0.3, 0.4) is 0 Å². The second-order valence-corrected chi connectivity index (χ2v) is 6.16. The maximum atomic E-state index is 10.4. The van der Waals surface area contributed by atoms with Crippen molar-refractivity contribution in [3.05, 3.63) is 0 Å². The summed E-state index contributed by atoms with van der Waals surface area (Å²) in [6.45, 7) is 0. The molecule has 0 aliphatic heterocycles. The quantitative estimate of drug-likeness (QED) is 0.615. The largest absolute Gasteiger partial charge is 0.317 e. The van der Waals surface area contributed by atoms with E-state index in [9.17, 15) is 4.79 Å². The predicted molar refractivity (Wildman–Crippen MR) is 73.3 cm³/mol. The molecule has 102 valence electrons. The van der Waals surface area contributed by atoms with Crippen LogP contribution in [0.5, 0.6) is 0 Å². The highest BCUT2D eigenvalue weighted by atomic mass is 16.1. The summed E-state index contributed by atoms with van der Waals surface area (Å²) in [7, 11) is 2.09. The number of aliphatic imine (C=N–C) groups is 1. The highest BCUT2D eigenvalue weighted by molar-refractivity contribution is 5.33. The summed E-state index contributed by atoms with van der Waals surface area (Å²) in [4.78, 5) is 14.3. The SMILES string of the molecule is CNC1CCCC(CC2CCCC(N=C=O)C2)C1. The predicted octanol–water partition coefficient (Wildman–Crippen LogP) is 3.05. The minimum Gasteiger partial charge on any atom is -0.317 e. The summed E-state index contributed by atoms with van der Waals surface area (Å²) in [6.07, 6.45) is 13.3. The maximum absolute atomic E-state index is 10.4. The van der Waals surface area contributed by atoms with E-state index in [1.54, 1.807) is 6.08 Å². The molecule has 3 nitrogen and oxygen atoms in total. The minimum absolute atomic E-state index is 0.268. The van der Waals surface area contributed by atoms with Crippen LogP contribution in [0.15, 0.2) is 4.99 Å². The average molecular weight is 250 g/mol. The van der Waals surface area contributed by atoms with Gasteiger partial charge in [-0.25, -0.2) is 9.79 Å². The van der Waals surface area contributed by atoms with Gasteiger partial charge in [-0.1, -0.05) is 25.7 Å². The Morgan fingerprint density at radius 2 is 1.83 bits per heavy atom. The van der Waals surface area contributed by atoms with Crippen molar-refractivity contribution in [2.75, 3.05) is 7.05 Å². The van der Waals surface area contributed by atoms with Crippen LogP contribution in [-0.2, 0) is 4.79 Å². The van der Waals surface area contributed by atoms with Gasteiger partial charge >= 0.3 is 0 Å². The van der Waals surface area contributed by atoms with Crippen molar-refractivity contribution in [2.45, 2.75) is 69.9 Å². The Kier molecular flexibility index (Phi) is 5.40. The van der Waals surface area contributed by atoms with Gasteiger partial charge in [-0.2, -0.15) is 0 Å². The first-order chi connectivity index (χ1) is 8.81. The van der Waals surface area contributed by atoms with E-state index in [1.165, 1.54) is 44.9 Å². The first-order valence-electron chi connectivity index (χ1n) is 7.56. The van der Waals surface area contributed by atoms with Gasteiger partial charge in [0.25, 0.3) is 0 Å². The lowest BCUT2D eigenvalue weighted by Crippen LogP contribution is -2.32. The van der Waals surface area contributed by atoms with E-state index >= 15 is 0 Å². The van der Waals surface area contributed by atoms with Gasteiger partial charge in [0.1, 0.15) is 0 Å². The van der Waals surface area contributed by atoms with E-state index in [-0.39, 0.29) is 6.04 Å². The molecule has 0 aromatic heterocycles. The van der Waals surface area contributed by atoms with Crippen LogP contribution in [0, 0.1) is 11.8 Å². The molecule has 4 unspecified atom stereocenters. The number of hydrogen-bond donors (Lipinski definition) is 1. The van der Waals surface area contributed by atoms with Crippen molar-refractivity contribution in [2.24, 2.45) is 16.8 Å². The Labute approximate surface area is 110 Å². The molecule has 2 saturated carbocycles. The molecule has 18 heavy (non-hydrogen) atoms. The van der Waals surface area contributed by atoms with Crippen LogP contribution in [-0.4, -0.2) is 25.2 Å². The van der Waals surface area contributed by atoms with E-state index < -0.39 is 0 Å². The van der Waals surface area contributed by atoms with Crippen molar-refractivity contribution in [1.29, 1.82) is 0 Å². The molecule has 2 aliphatic rings. The zero-order valence-electron chi connectivity index (χ0n) is 11.5. The Balaban J connectivity index is 1.79. The van der Waals surface area contributed by atoms with Crippen LogP contribution in [0.25, 0.3) is 0 Å². The fourth-order valence-electron chi connectivity index (χ4n) is 3.91. The summed E-state index contributed by atoms with van der Waals surface area (Å²) in [5, 5.41) is 3.43. The lowest BCUT2D eigenvalue weighted by molar-refractivity contribution is 0.212. The number of rotatable bonds is 4. The van der Waals surface area contributed by atoms with Gasteiger partial charge in [-0.15, -0.1) is 0 Å². The van der Waals surface area contributed by atoms with Crippen molar-refractivity contribution < 1.29 is 4.79 Å². The minimum atomic E-state index is 0.268. The van der Waals surface area contributed by atoms with Crippen LogP contribution >= 0.6 is 0 Å². The molecule has 0 heterocycles. The molecule has 0 spiro atoms. The molecule has 2 aliphatic carbocycles. The summed E-state index contributed by atoms with van der Waals surface area (Å²) in [5.74, 6) is 1.68. The van der Waals surface area contributed by atoms with E-state index in [2.05, 4.69) is 17.4 Å². The maximum Gasteiger partial charge on any atom is 0.235 e. The van der Waals surface area contributed by atoms with Crippen LogP contribution in [0.2, 0.25) is 0 Å². The zero-order valence-corrected chi connectivity index (χ0v) is 11.5. The second-order valence-electron chi connectivity index (χ2n) is 6.16. The molecular formula is C15H26N2O. The van der Waals surface area contributed by atoms with E-state index in [0.29, 0.717) is 0 Å². The standard InChI is InChI=1S/C15H26N2O/c1-16-14-6-2-4-12(9-14)8-13-5-3-7-15(10-13)17-11-18/h12-16H,2-10H2,1H3. The Hall–Kier alpha value is -0.660. The van der Waals surface area contributed by atoms with Gasteiger partial charge in [0.05, 0.1) is 6.04 Å². The Bertz CT molecular complexity index is 299. The molecule has 0 radical (unpaired) electrons. The monoisotopic (exact) mass is 250 g/mol. The van der Waals surface area contributed by atoms with Gasteiger partial charge in [0.2, 0.25) is 6.08 Å². The number of hydrogen-bond acceptors (Lipinski definition) is 3. The second kappa shape index (κ2) is 7.06. The van der Waals surface area contributed by atoms with Crippen LogP contribution < -0.4 is 5.32 Å². The Morgan fingerprint density at radius 1 is 1.11 bits per heavy atom. The van der Waals surface area contributed by atoms with Gasteiger partial charge < -0.3 is 5.32 Å². The van der Waals surface area contributed by atoms with Crippen molar-refractivity contribution in [1.82, 2.24) is 5.32 Å². The van der Waals surface area contributed by atoms with Crippen molar-refractivity contribution in [3.63, 3.8) is 0 Å². The van der Waals surface area contributed by atoms with Gasteiger partial charge in [-0.3, -0.25) is 0 Å². The molecule has 3 heteroatoms. The number of carbonyl (C=O) groups excluding carboxylic acids is 1. The average Bonchev–Trinajstić information content (AvgIpc) is 2.40. The smallest absolute Gasteiger partial charge is 0.235 e. The molecule has 0 saturated heterocycles.